The van der Waals surface area contributed by atoms with Crippen molar-refractivity contribution in [2.45, 2.75) is 39.0 Å². The Morgan fingerprint density at radius 3 is 2.14 bits per heavy atom. The van der Waals surface area contributed by atoms with Crippen molar-refractivity contribution < 1.29 is 18.0 Å². The van der Waals surface area contributed by atoms with Gasteiger partial charge in [-0.05, 0) is 19.4 Å². The normalized spacial score (nSPS) is 14.9. The lowest BCUT2D eigenvalue weighted by molar-refractivity contribution is -0.167. The second-order valence-electron chi connectivity index (χ2n) is 5.40. The van der Waals surface area contributed by atoms with Crippen molar-refractivity contribution >= 4 is 5.91 Å². The number of alkyl halides is 3. The van der Waals surface area contributed by atoms with Gasteiger partial charge in [0.1, 0.15) is 6.54 Å². The van der Waals surface area contributed by atoms with Gasteiger partial charge in [0.15, 0.2) is 0 Å². The molecule has 0 heterocycles. The molecule has 1 amide bonds. The Bertz CT molecular complexity index is 460. The smallest absolute Gasteiger partial charge is 0.331 e. The Morgan fingerprint density at radius 2 is 1.71 bits per heavy atom. The largest absolute Gasteiger partial charge is 0.406 e. The molecule has 0 saturated carbocycles. The van der Waals surface area contributed by atoms with Crippen LogP contribution in [0.15, 0.2) is 30.3 Å². The average Bonchev–Trinajstić information content (AvgIpc) is 2.42. The Balaban J connectivity index is 2.88. The second-order valence-corrected chi connectivity index (χ2v) is 5.40. The molecule has 2 atom stereocenters. The lowest BCUT2D eigenvalue weighted by Crippen LogP contribution is -2.47. The molecule has 0 bridgehead atoms. The minimum Gasteiger partial charge on any atom is -0.331 e. The zero-order chi connectivity index (χ0) is 16.2. The lowest BCUT2D eigenvalue weighted by atomic mass is 9.94. The van der Waals surface area contributed by atoms with Crippen molar-refractivity contribution in [3.8, 4) is 0 Å². The number of halogens is 3. The van der Waals surface area contributed by atoms with E-state index < -0.39 is 36.6 Å². The summed E-state index contributed by atoms with van der Waals surface area (Å²) < 4.78 is 37.8. The van der Waals surface area contributed by atoms with Gasteiger partial charge in [0.05, 0.1) is 5.92 Å². The van der Waals surface area contributed by atoms with Gasteiger partial charge >= 0.3 is 6.18 Å². The summed E-state index contributed by atoms with van der Waals surface area (Å²) in [7, 11) is 0. The van der Waals surface area contributed by atoms with Crippen molar-refractivity contribution in [1.82, 2.24) is 4.90 Å². The van der Waals surface area contributed by atoms with Gasteiger partial charge in [0.2, 0.25) is 5.91 Å². The van der Waals surface area contributed by atoms with Gasteiger partial charge in [0.25, 0.3) is 0 Å². The van der Waals surface area contributed by atoms with E-state index in [0.717, 1.165) is 10.5 Å². The Kier molecular flexibility index (Phi) is 5.78. The topological polar surface area (TPSA) is 46.3 Å². The highest BCUT2D eigenvalue weighted by atomic mass is 19.4. The lowest BCUT2D eigenvalue weighted by Gasteiger charge is -2.32. The molecule has 0 aliphatic rings. The van der Waals surface area contributed by atoms with E-state index in [0.29, 0.717) is 0 Å². The Hall–Kier alpha value is -1.56. The SMILES string of the molecule is CC(C(=O)N(CC(F)(F)F)C(C)C)C(N)c1ccccc1. The number of hydrogen-bond donors (Lipinski definition) is 1. The first-order valence-corrected chi connectivity index (χ1v) is 6.81. The van der Waals surface area contributed by atoms with Crippen molar-refractivity contribution in [3.63, 3.8) is 0 Å². The first-order valence-electron chi connectivity index (χ1n) is 6.81. The molecule has 2 N–H and O–H groups in total. The minimum atomic E-state index is -4.42. The molecule has 1 aromatic rings. The van der Waals surface area contributed by atoms with E-state index in [-0.39, 0.29) is 0 Å². The summed E-state index contributed by atoms with van der Waals surface area (Å²) in [6.45, 7) is 3.43. The van der Waals surface area contributed by atoms with E-state index in [1.807, 2.05) is 6.07 Å². The number of carbonyl (C=O) groups is 1. The number of rotatable bonds is 5. The Labute approximate surface area is 122 Å². The predicted molar refractivity (Wildman–Crippen MR) is 75.4 cm³/mol. The highest BCUT2D eigenvalue weighted by Crippen LogP contribution is 2.24. The second kappa shape index (κ2) is 6.93. The molecule has 1 aromatic carbocycles. The fourth-order valence-electron chi connectivity index (χ4n) is 2.09. The molecule has 0 saturated heterocycles. The van der Waals surface area contributed by atoms with Crippen LogP contribution < -0.4 is 5.73 Å². The van der Waals surface area contributed by atoms with Crippen molar-refractivity contribution in [1.29, 1.82) is 0 Å². The summed E-state index contributed by atoms with van der Waals surface area (Å²) in [5.74, 6) is -1.31. The molecule has 0 spiro atoms. The summed E-state index contributed by atoms with van der Waals surface area (Å²) in [6, 6.07) is 7.73. The minimum absolute atomic E-state index is 0.537. The third kappa shape index (κ3) is 5.04. The summed E-state index contributed by atoms with van der Waals surface area (Å²) in [5, 5.41) is 0. The summed E-state index contributed by atoms with van der Waals surface area (Å²) in [4.78, 5) is 13.1. The van der Waals surface area contributed by atoms with Crippen LogP contribution in [0, 0.1) is 5.92 Å². The first-order chi connectivity index (χ1) is 9.63. The van der Waals surface area contributed by atoms with Crippen LogP contribution in [0.3, 0.4) is 0 Å². The molecule has 3 nitrogen and oxygen atoms in total. The van der Waals surface area contributed by atoms with Gasteiger partial charge in [-0.2, -0.15) is 13.2 Å². The van der Waals surface area contributed by atoms with E-state index in [1.165, 1.54) is 0 Å². The van der Waals surface area contributed by atoms with Crippen molar-refractivity contribution in [2.75, 3.05) is 6.54 Å². The van der Waals surface area contributed by atoms with Crippen LogP contribution in [0.25, 0.3) is 0 Å². The van der Waals surface area contributed by atoms with Crippen LogP contribution in [0.1, 0.15) is 32.4 Å². The van der Waals surface area contributed by atoms with Crippen LogP contribution in [0.4, 0.5) is 13.2 Å². The van der Waals surface area contributed by atoms with E-state index in [2.05, 4.69) is 0 Å². The summed E-state index contributed by atoms with van der Waals surface area (Å²) >= 11 is 0. The van der Waals surface area contributed by atoms with Crippen LogP contribution in [0.5, 0.6) is 0 Å². The number of nitrogens with zero attached hydrogens (tertiary/aromatic N) is 1. The number of amides is 1. The fourth-order valence-corrected chi connectivity index (χ4v) is 2.09. The maximum absolute atomic E-state index is 12.6. The van der Waals surface area contributed by atoms with Gasteiger partial charge in [-0.1, -0.05) is 37.3 Å². The molecule has 0 aliphatic heterocycles. The standard InChI is InChI=1S/C15H21F3N2O/c1-10(2)20(9-15(16,17)18)14(21)11(3)13(19)12-7-5-4-6-8-12/h4-8,10-11,13H,9,19H2,1-3H3. The van der Waals surface area contributed by atoms with E-state index in [4.69, 9.17) is 5.73 Å². The van der Waals surface area contributed by atoms with Crippen LogP contribution in [0.2, 0.25) is 0 Å². The quantitative estimate of drug-likeness (QED) is 0.908. The highest BCUT2D eigenvalue weighted by molar-refractivity contribution is 5.79. The Morgan fingerprint density at radius 1 is 1.19 bits per heavy atom. The van der Waals surface area contributed by atoms with Crippen LogP contribution in [-0.2, 0) is 4.79 Å². The van der Waals surface area contributed by atoms with E-state index in [9.17, 15) is 18.0 Å². The average molecular weight is 302 g/mol. The van der Waals surface area contributed by atoms with Crippen molar-refractivity contribution in [2.24, 2.45) is 11.7 Å². The van der Waals surface area contributed by atoms with Gasteiger partial charge in [-0.3, -0.25) is 4.79 Å². The maximum atomic E-state index is 12.6. The predicted octanol–water partition coefficient (Wildman–Crippen LogP) is 3.12. The third-order valence-corrected chi connectivity index (χ3v) is 3.37. The number of hydrogen-bond acceptors (Lipinski definition) is 2. The fraction of sp³-hybridized carbons (Fsp3) is 0.533. The van der Waals surface area contributed by atoms with E-state index >= 15 is 0 Å². The molecule has 0 aliphatic carbocycles. The molecular formula is C15H21F3N2O. The summed E-state index contributed by atoms with van der Waals surface area (Å²) in [5.41, 5.74) is 6.74. The molecule has 0 fully saturated rings. The molecule has 1 rings (SSSR count). The highest BCUT2D eigenvalue weighted by Gasteiger charge is 2.37. The third-order valence-electron chi connectivity index (χ3n) is 3.37. The zero-order valence-corrected chi connectivity index (χ0v) is 12.4. The van der Waals surface area contributed by atoms with Gasteiger partial charge in [0, 0.05) is 12.1 Å². The molecule has 0 radical (unpaired) electrons. The van der Waals surface area contributed by atoms with Gasteiger partial charge in [-0.15, -0.1) is 0 Å². The van der Waals surface area contributed by atoms with Crippen LogP contribution in [-0.4, -0.2) is 29.6 Å². The first kappa shape index (κ1) is 17.5. The molecule has 0 aromatic heterocycles. The monoisotopic (exact) mass is 302 g/mol. The number of carbonyl (C=O) groups excluding carboxylic acids is 1. The number of benzene rings is 1. The van der Waals surface area contributed by atoms with Gasteiger partial charge < -0.3 is 10.6 Å². The molecule has 6 heteroatoms. The zero-order valence-electron chi connectivity index (χ0n) is 12.4. The van der Waals surface area contributed by atoms with E-state index in [1.54, 1.807) is 45.0 Å². The molecule has 21 heavy (non-hydrogen) atoms. The molecule has 118 valence electrons. The number of nitrogens with two attached hydrogens (primary N) is 1. The molecule has 2 unspecified atom stereocenters. The molecular weight excluding hydrogens is 281 g/mol. The maximum Gasteiger partial charge on any atom is 0.406 e. The summed E-state index contributed by atoms with van der Waals surface area (Å²) in [6.07, 6.45) is -4.42. The van der Waals surface area contributed by atoms with Crippen molar-refractivity contribution in [3.05, 3.63) is 35.9 Å². The van der Waals surface area contributed by atoms with Gasteiger partial charge in [-0.25, -0.2) is 0 Å². The van der Waals surface area contributed by atoms with Crippen LogP contribution >= 0.6 is 0 Å².